The molecule has 0 fully saturated rings. The largest absolute Gasteiger partial charge is 0.480 e. The summed E-state index contributed by atoms with van der Waals surface area (Å²) < 4.78 is 0. The maximum atomic E-state index is 11.2. The molecule has 0 aromatic heterocycles. The Bertz CT molecular complexity index is 487. The second kappa shape index (κ2) is 5.74. The van der Waals surface area contributed by atoms with Crippen LogP contribution in [-0.4, -0.2) is 27.9 Å². The highest BCUT2D eigenvalue weighted by atomic mass is 32.1. The Labute approximate surface area is 108 Å². The van der Waals surface area contributed by atoms with E-state index in [0.29, 0.717) is 5.69 Å². The van der Waals surface area contributed by atoms with Gasteiger partial charge in [0.05, 0.1) is 5.56 Å². The van der Waals surface area contributed by atoms with Crippen molar-refractivity contribution in [2.45, 2.75) is 0 Å². The lowest BCUT2D eigenvalue weighted by Gasteiger charge is -2.08. The van der Waals surface area contributed by atoms with Crippen molar-refractivity contribution >= 4 is 47.1 Å². The molecule has 17 heavy (non-hydrogen) atoms. The van der Waals surface area contributed by atoms with Gasteiger partial charge in [-0.1, -0.05) is 0 Å². The number of carbonyl (C=O) groups is 3. The average molecular weight is 271 g/mol. The second-order valence-corrected chi connectivity index (χ2v) is 3.93. The van der Waals surface area contributed by atoms with Gasteiger partial charge in [-0.15, -0.1) is 25.3 Å². The number of carbonyl (C=O) groups excluding carboxylic acids is 2. The van der Waals surface area contributed by atoms with Gasteiger partial charge in [0.25, 0.3) is 0 Å². The van der Waals surface area contributed by atoms with Crippen LogP contribution in [0, 0.1) is 0 Å². The van der Waals surface area contributed by atoms with E-state index in [2.05, 4.69) is 30.6 Å². The summed E-state index contributed by atoms with van der Waals surface area (Å²) in [6.45, 7) is -0.331. The van der Waals surface area contributed by atoms with E-state index >= 15 is 0 Å². The summed E-state index contributed by atoms with van der Waals surface area (Å²) in [7, 11) is 0. The minimum atomic E-state index is -1.06. The van der Waals surface area contributed by atoms with Gasteiger partial charge < -0.3 is 10.4 Å². The Morgan fingerprint density at radius 3 is 2.29 bits per heavy atom. The number of rotatable bonds is 5. The fourth-order valence-corrected chi connectivity index (χ4v) is 1.50. The molecule has 0 aliphatic rings. The van der Waals surface area contributed by atoms with Crippen LogP contribution in [0.2, 0.25) is 0 Å². The Morgan fingerprint density at radius 2 is 1.82 bits per heavy atom. The van der Waals surface area contributed by atoms with Crippen molar-refractivity contribution in [1.29, 1.82) is 0 Å². The zero-order valence-electron chi connectivity index (χ0n) is 8.51. The molecule has 2 N–H and O–H groups in total. The molecule has 0 bridgehead atoms. The number of benzene rings is 1. The fourth-order valence-electron chi connectivity index (χ4n) is 1.18. The van der Waals surface area contributed by atoms with Gasteiger partial charge in [0.15, 0.2) is 0 Å². The average Bonchev–Trinajstić information content (AvgIpc) is 2.25. The minimum Gasteiger partial charge on any atom is -0.480 e. The standard InChI is InChI=1S/C10H9NO4S2/c12-8(13)4-11-7-2-1-5(9(14)16)3-6(7)10(15)17/h1-3,11H,4H2,(H,12,13)(H,14,16)(H,15,17). The number of aliphatic carboxylic acids is 1. The molecular formula is C10H9NO4S2. The molecule has 0 atom stereocenters. The Hall–Kier alpha value is -1.47. The van der Waals surface area contributed by atoms with Crippen LogP contribution in [0.15, 0.2) is 18.2 Å². The number of nitrogens with one attached hydrogen (secondary N) is 1. The second-order valence-electron chi connectivity index (χ2n) is 3.12. The van der Waals surface area contributed by atoms with Gasteiger partial charge in [-0.2, -0.15) is 0 Å². The van der Waals surface area contributed by atoms with Crippen molar-refractivity contribution in [3.63, 3.8) is 0 Å². The van der Waals surface area contributed by atoms with Crippen LogP contribution in [0.1, 0.15) is 20.7 Å². The first-order chi connectivity index (χ1) is 7.91. The van der Waals surface area contributed by atoms with E-state index in [1.807, 2.05) is 0 Å². The van der Waals surface area contributed by atoms with Gasteiger partial charge in [-0.25, -0.2) is 0 Å². The maximum absolute atomic E-state index is 11.2. The summed E-state index contributed by atoms with van der Waals surface area (Å²) in [4.78, 5) is 32.6. The lowest BCUT2D eigenvalue weighted by Crippen LogP contribution is -2.14. The van der Waals surface area contributed by atoms with Crippen LogP contribution in [0.3, 0.4) is 0 Å². The Balaban J connectivity index is 3.08. The summed E-state index contributed by atoms with van der Waals surface area (Å²) in [5.41, 5.74) is 0.687. The van der Waals surface area contributed by atoms with Crippen molar-refractivity contribution in [3.8, 4) is 0 Å². The van der Waals surface area contributed by atoms with Crippen molar-refractivity contribution in [3.05, 3.63) is 29.3 Å². The molecule has 1 aromatic carbocycles. The van der Waals surface area contributed by atoms with Gasteiger partial charge in [0, 0.05) is 11.3 Å². The molecule has 0 heterocycles. The molecule has 0 saturated carbocycles. The van der Waals surface area contributed by atoms with Crippen LogP contribution in [0.5, 0.6) is 0 Å². The van der Waals surface area contributed by atoms with Crippen LogP contribution in [0.4, 0.5) is 5.69 Å². The van der Waals surface area contributed by atoms with Gasteiger partial charge in [-0.3, -0.25) is 14.4 Å². The Kier molecular flexibility index (Phi) is 4.59. The SMILES string of the molecule is O=C(O)CNc1ccc(C(=O)S)cc1C(=O)S. The van der Waals surface area contributed by atoms with E-state index in [1.165, 1.54) is 18.2 Å². The summed E-state index contributed by atoms with van der Waals surface area (Å²) in [6.07, 6.45) is 0. The third-order valence-corrected chi connectivity index (χ3v) is 2.43. The normalized spacial score (nSPS) is 9.76. The lowest BCUT2D eigenvalue weighted by molar-refractivity contribution is -0.134. The Morgan fingerprint density at radius 1 is 1.18 bits per heavy atom. The molecule has 1 aromatic rings. The molecule has 0 saturated heterocycles. The van der Waals surface area contributed by atoms with Gasteiger partial charge >= 0.3 is 5.97 Å². The smallest absolute Gasteiger partial charge is 0.322 e. The van der Waals surface area contributed by atoms with Crippen LogP contribution in [0.25, 0.3) is 0 Å². The highest BCUT2D eigenvalue weighted by Gasteiger charge is 2.12. The molecule has 1 rings (SSSR count). The van der Waals surface area contributed by atoms with E-state index in [-0.39, 0.29) is 17.7 Å². The maximum Gasteiger partial charge on any atom is 0.322 e. The monoisotopic (exact) mass is 271 g/mol. The third-order valence-electron chi connectivity index (χ3n) is 1.93. The molecule has 0 unspecified atom stereocenters. The first-order valence-electron chi connectivity index (χ1n) is 4.48. The zero-order chi connectivity index (χ0) is 13.0. The molecule has 0 aliphatic heterocycles. The van der Waals surface area contributed by atoms with Crippen LogP contribution in [-0.2, 0) is 4.79 Å². The quantitative estimate of drug-likeness (QED) is 0.607. The number of hydrogen-bond donors (Lipinski definition) is 4. The predicted octanol–water partition coefficient (Wildman–Crippen LogP) is 1.32. The summed E-state index contributed by atoms with van der Waals surface area (Å²) in [5, 5.41) is 10.0. The van der Waals surface area contributed by atoms with E-state index < -0.39 is 16.2 Å². The summed E-state index contributed by atoms with van der Waals surface area (Å²) in [5.74, 6) is -1.06. The number of carboxylic acid groups (broad SMARTS) is 1. The van der Waals surface area contributed by atoms with Gasteiger partial charge in [0.1, 0.15) is 6.54 Å². The molecule has 90 valence electrons. The number of carboxylic acids is 1. The van der Waals surface area contributed by atoms with E-state index in [0.717, 1.165) is 0 Å². The highest BCUT2D eigenvalue weighted by Crippen LogP contribution is 2.20. The lowest BCUT2D eigenvalue weighted by atomic mass is 10.1. The van der Waals surface area contributed by atoms with Gasteiger partial charge in [0.2, 0.25) is 10.2 Å². The van der Waals surface area contributed by atoms with E-state index in [9.17, 15) is 14.4 Å². The topological polar surface area (TPSA) is 83.5 Å². The first kappa shape index (κ1) is 13.6. The zero-order valence-corrected chi connectivity index (χ0v) is 10.3. The van der Waals surface area contributed by atoms with Crippen LogP contribution < -0.4 is 5.32 Å². The van der Waals surface area contributed by atoms with Crippen LogP contribution >= 0.6 is 25.3 Å². The number of hydrogen-bond acceptors (Lipinski definition) is 4. The van der Waals surface area contributed by atoms with Crippen molar-refractivity contribution in [2.24, 2.45) is 0 Å². The summed E-state index contributed by atoms with van der Waals surface area (Å²) >= 11 is 7.29. The van der Waals surface area contributed by atoms with Crippen molar-refractivity contribution in [1.82, 2.24) is 0 Å². The van der Waals surface area contributed by atoms with Crippen molar-refractivity contribution in [2.75, 3.05) is 11.9 Å². The highest BCUT2D eigenvalue weighted by molar-refractivity contribution is 7.97. The number of anilines is 1. The van der Waals surface area contributed by atoms with E-state index in [4.69, 9.17) is 5.11 Å². The molecule has 0 radical (unpaired) electrons. The molecule has 7 heteroatoms. The van der Waals surface area contributed by atoms with E-state index in [1.54, 1.807) is 0 Å². The number of thiol groups is 2. The molecule has 5 nitrogen and oxygen atoms in total. The van der Waals surface area contributed by atoms with Crippen molar-refractivity contribution < 1.29 is 19.5 Å². The van der Waals surface area contributed by atoms with Gasteiger partial charge in [-0.05, 0) is 18.2 Å². The summed E-state index contributed by atoms with van der Waals surface area (Å²) in [6, 6.07) is 4.20. The molecule has 0 aliphatic carbocycles. The predicted molar refractivity (Wildman–Crippen MR) is 69.2 cm³/mol. The third kappa shape index (κ3) is 3.79. The minimum absolute atomic E-state index is 0.134. The fraction of sp³-hybridized carbons (Fsp3) is 0.100. The molecular weight excluding hydrogens is 262 g/mol. The first-order valence-corrected chi connectivity index (χ1v) is 5.37. The molecule has 0 spiro atoms. The molecule has 0 amide bonds.